The molecule has 27 heavy (non-hydrogen) atoms. The minimum Gasteiger partial charge on any atom is -0.493 e. The van der Waals surface area contributed by atoms with Gasteiger partial charge >= 0.3 is 0 Å². The highest BCUT2D eigenvalue weighted by Crippen LogP contribution is 2.35. The summed E-state index contributed by atoms with van der Waals surface area (Å²) in [6.07, 6.45) is 1.70. The number of methoxy groups -OCH3 is 2. The van der Waals surface area contributed by atoms with E-state index in [2.05, 4.69) is 14.7 Å². The largest absolute Gasteiger partial charge is 0.493 e. The van der Waals surface area contributed by atoms with Gasteiger partial charge in [-0.1, -0.05) is 12.1 Å². The van der Waals surface area contributed by atoms with E-state index in [1.54, 1.807) is 20.4 Å². The molecule has 0 spiro atoms. The topological polar surface area (TPSA) is 69.4 Å². The molecule has 6 nitrogen and oxygen atoms in total. The van der Waals surface area contributed by atoms with E-state index in [9.17, 15) is 0 Å². The first-order valence-corrected chi connectivity index (χ1v) is 9.06. The molecule has 0 unspecified atom stereocenters. The lowest BCUT2D eigenvalue weighted by molar-refractivity contribution is 0.354. The van der Waals surface area contributed by atoms with Gasteiger partial charge in [-0.2, -0.15) is 4.98 Å². The van der Waals surface area contributed by atoms with Crippen molar-refractivity contribution >= 4 is 28.9 Å². The normalized spacial score (nSPS) is 10.7. The molecular formula is C20H17N3O3S. The highest BCUT2D eigenvalue weighted by atomic mass is 32.2. The van der Waals surface area contributed by atoms with E-state index >= 15 is 0 Å². The molecule has 1 N–H and O–H groups in total. The van der Waals surface area contributed by atoms with E-state index in [-0.39, 0.29) is 0 Å². The van der Waals surface area contributed by atoms with E-state index in [0.29, 0.717) is 28.6 Å². The zero-order valence-electron chi connectivity index (χ0n) is 14.8. The SMILES string of the molecule is COc1ccc(SNc2ccccc2-c2nc3ncccc3o2)cc1OC. The minimum absolute atomic E-state index is 0.528. The lowest BCUT2D eigenvalue weighted by Crippen LogP contribution is -1.93. The summed E-state index contributed by atoms with van der Waals surface area (Å²) < 4.78 is 19.9. The number of hydrogen-bond donors (Lipinski definition) is 1. The fourth-order valence-corrected chi connectivity index (χ4v) is 3.34. The molecule has 4 aromatic rings. The van der Waals surface area contributed by atoms with Gasteiger partial charge in [-0.15, -0.1) is 0 Å². The van der Waals surface area contributed by atoms with Crippen molar-refractivity contribution in [3.05, 3.63) is 60.8 Å². The van der Waals surface area contributed by atoms with E-state index in [1.807, 2.05) is 54.6 Å². The van der Waals surface area contributed by atoms with E-state index in [1.165, 1.54) is 11.9 Å². The first kappa shape index (κ1) is 17.2. The van der Waals surface area contributed by atoms with Gasteiger partial charge in [-0.05, 0) is 54.4 Å². The Morgan fingerprint density at radius 2 is 1.81 bits per heavy atom. The molecule has 0 fully saturated rings. The number of aromatic nitrogens is 2. The van der Waals surface area contributed by atoms with Crippen molar-refractivity contribution < 1.29 is 13.9 Å². The predicted molar refractivity (Wildman–Crippen MR) is 106 cm³/mol. The number of pyridine rings is 1. The summed E-state index contributed by atoms with van der Waals surface area (Å²) in [5.74, 6) is 1.91. The van der Waals surface area contributed by atoms with Crippen LogP contribution in [0.2, 0.25) is 0 Å². The summed E-state index contributed by atoms with van der Waals surface area (Å²) in [6.45, 7) is 0. The van der Waals surface area contributed by atoms with E-state index in [0.717, 1.165) is 16.1 Å². The van der Waals surface area contributed by atoms with Crippen LogP contribution in [0.15, 0.2) is 70.1 Å². The molecule has 0 aliphatic rings. The fourth-order valence-electron chi connectivity index (χ4n) is 2.64. The molecule has 0 amide bonds. The molecule has 0 radical (unpaired) electrons. The summed E-state index contributed by atoms with van der Waals surface area (Å²) in [6, 6.07) is 17.3. The number of benzene rings is 2. The van der Waals surface area contributed by atoms with Crippen molar-refractivity contribution in [2.75, 3.05) is 18.9 Å². The molecule has 2 aromatic heterocycles. The zero-order chi connectivity index (χ0) is 18.6. The lowest BCUT2D eigenvalue weighted by atomic mass is 10.2. The van der Waals surface area contributed by atoms with Crippen LogP contribution in [-0.2, 0) is 0 Å². The predicted octanol–water partition coefficient (Wildman–Crippen LogP) is 5.03. The Labute approximate surface area is 160 Å². The molecule has 0 bridgehead atoms. The van der Waals surface area contributed by atoms with Gasteiger partial charge in [0.05, 0.1) is 25.5 Å². The second-order valence-electron chi connectivity index (χ2n) is 5.61. The third-order valence-electron chi connectivity index (χ3n) is 3.96. The molecule has 0 atom stereocenters. The Bertz CT molecular complexity index is 1050. The maximum Gasteiger partial charge on any atom is 0.231 e. The second-order valence-corrected chi connectivity index (χ2v) is 6.49. The average Bonchev–Trinajstić information content (AvgIpc) is 3.16. The molecule has 0 saturated carbocycles. The number of rotatable bonds is 6. The van der Waals surface area contributed by atoms with Crippen molar-refractivity contribution in [2.45, 2.75) is 4.90 Å². The molecule has 136 valence electrons. The Balaban J connectivity index is 1.60. The van der Waals surface area contributed by atoms with Gasteiger partial charge in [0.1, 0.15) is 0 Å². The maximum absolute atomic E-state index is 5.85. The number of oxazole rings is 1. The van der Waals surface area contributed by atoms with Crippen molar-refractivity contribution in [1.82, 2.24) is 9.97 Å². The first-order chi connectivity index (χ1) is 13.3. The Morgan fingerprint density at radius 1 is 0.963 bits per heavy atom. The van der Waals surface area contributed by atoms with Gasteiger partial charge in [0, 0.05) is 11.1 Å². The average molecular weight is 379 g/mol. The number of anilines is 1. The van der Waals surface area contributed by atoms with Crippen LogP contribution in [0.3, 0.4) is 0 Å². The van der Waals surface area contributed by atoms with Crippen LogP contribution in [0.4, 0.5) is 5.69 Å². The summed E-state index contributed by atoms with van der Waals surface area (Å²) in [5, 5.41) is 0. The van der Waals surface area contributed by atoms with Crippen LogP contribution in [0.25, 0.3) is 22.7 Å². The number of hydrogen-bond acceptors (Lipinski definition) is 7. The van der Waals surface area contributed by atoms with Crippen LogP contribution in [-0.4, -0.2) is 24.2 Å². The first-order valence-electron chi connectivity index (χ1n) is 8.24. The van der Waals surface area contributed by atoms with E-state index in [4.69, 9.17) is 13.9 Å². The van der Waals surface area contributed by atoms with Crippen LogP contribution in [0, 0.1) is 0 Å². The summed E-state index contributed by atoms with van der Waals surface area (Å²) in [7, 11) is 3.24. The molecule has 7 heteroatoms. The lowest BCUT2D eigenvalue weighted by Gasteiger charge is -2.11. The molecular weight excluding hydrogens is 362 g/mol. The highest BCUT2D eigenvalue weighted by Gasteiger charge is 2.13. The van der Waals surface area contributed by atoms with Crippen LogP contribution in [0.1, 0.15) is 0 Å². The van der Waals surface area contributed by atoms with Gasteiger partial charge in [-0.25, -0.2) is 4.98 Å². The minimum atomic E-state index is 0.528. The quantitative estimate of drug-likeness (QED) is 0.471. The zero-order valence-corrected chi connectivity index (χ0v) is 15.6. The Kier molecular flexibility index (Phi) is 4.84. The van der Waals surface area contributed by atoms with Crippen LogP contribution >= 0.6 is 11.9 Å². The molecule has 4 rings (SSSR count). The monoisotopic (exact) mass is 379 g/mol. The van der Waals surface area contributed by atoms with Gasteiger partial charge in [0.25, 0.3) is 0 Å². The van der Waals surface area contributed by atoms with Crippen LogP contribution < -0.4 is 14.2 Å². The van der Waals surface area contributed by atoms with Crippen molar-refractivity contribution in [3.63, 3.8) is 0 Å². The molecule has 2 heterocycles. The van der Waals surface area contributed by atoms with Gasteiger partial charge < -0.3 is 18.6 Å². The number of ether oxygens (including phenoxy) is 2. The molecule has 2 aromatic carbocycles. The number of nitrogens with one attached hydrogen (secondary N) is 1. The Morgan fingerprint density at radius 3 is 2.63 bits per heavy atom. The van der Waals surface area contributed by atoms with Crippen molar-refractivity contribution in [3.8, 4) is 23.0 Å². The fraction of sp³-hybridized carbons (Fsp3) is 0.100. The molecule has 0 aliphatic heterocycles. The number of para-hydroxylation sites is 1. The van der Waals surface area contributed by atoms with Gasteiger partial charge in [0.2, 0.25) is 5.89 Å². The van der Waals surface area contributed by atoms with E-state index < -0.39 is 0 Å². The Hall–Kier alpha value is -3.19. The third kappa shape index (κ3) is 3.54. The summed E-state index contributed by atoms with van der Waals surface area (Å²) >= 11 is 1.47. The number of fused-ring (bicyclic) bond motifs is 1. The number of nitrogens with zero attached hydrogens (tertiary/aromatic N) is 2. The van der Waals surface area contributed by atoms with Crippen molar-refractivity contribution in [2.24, 2.45) is 0 Å². The molecule has 0 saturated heterocycles. The summed E-state index contributed by atoms with van der Waals surface area (Å²) in [5.41, 5.74) is 3.01. The standard InChI is InChI=1S/C20H17N3O3S/c1-24-16-10-9-13(12-18(16)25-2)27-23-15-7-4-3-6-14(15)20-22-19-17(26-20)8-5-11-21-19/h3-12,23H,1-2H3. The molecule has 0 aliphatic carbocycles. The third-order valence-corrected chi connectivity index (χ3v) is 4.77. The smallest absolute Gasteiger partial charge is 0.231 e. The van der Waals surface area contributed by atoms with Crippen LogP contribution in [0.5, 0.6) is 11.5 Å². The maximum atomic E-state index is 5.85. The second kappa shape index (κ2) is 7.59. The van der Waals surface area contributed by atoms with Gasteiger partial charge in [0.15, 0.2) is 22.7 Å². The highest BCUT2D eigenvalue weighted by molar-refractivity contribution is 8.00. The summed E-state index contributed by atoms with van der Waals surface area (Å²) in [4.78, 5) is 9.70. The van der Waals surface area contributed by atoms with Gasteiger partial charge in [-0.3, -0.25) is 0 Å². The van der Waals surface area contributed by atoms with Crippen molar-refractivity contribution in [1.29, 1.82) is 0 Å².